The Morgan fingerprint density at radius 2 is 1.50 bits per heavy atom. The highest BCUT2D eigenvalue weighted by Gasteiger charge is 2.38. The molecule has 2 aromatic carbocycles. The zero-order chi connectivity index (χ0) is 19.2. The lowest BCUT2D eigenvalue weighted by Gasteiger charge is -2.28. The average molecular weight is 387 g/mol. The van der Waals surface area contributed by atoms with Crippen LogP contribution >= 0.6 is 7.60 Å². The van der Waals surface area contributed by atoms with E-state index in [2.05, 4.69) is 5.32 Å². The first-order valence-corrected chi connectivity index (χ1v) is 9.79. The Morgan fingerprint density at radius 3 is 1.96 bits per heavy atom. The molecule has 1 unspecified atom stereocenters. The van der Waals surface area contributed by atoms with E-state index in [-0.39, 0.29) is 13.2 Å². The second-order valence-electron chi connectivity index (χ2n) is 5.41. The molecule has 4 nitrogen and oxygen atoms in total. The summed E-state index contributed by atoms with van der Waals surface area (Å²) >= 11 is 0. The number of para-hydroxylation sites is 1. The van der Waals surface area contributed by atoms with Crippen LogP contribution in [0.25, 0.3) is 0 Å². The van der Waals surface area contributed by atoms with Crippen LogP contribution in [0.3, 0.4) is 0 Å². The van der Waals surface area contributed by atoms with Gasteiger partial charge in [-0.1, -0.05) is 30.3 Å². The van der Waals surface area contributed by atoms with Gasteiger partial charge >= 0.3 is 13.8 Å². The molecule has 0 aromatic heterocycles. The lowest BCUT2D eigenvalue weighted by atomic mass is 10.1. The van der Waals surface area contributed by atoms with E-state index < -0.39 is 25.1 Å². The molecule has 0 saturated heterocycles. The Labute approximate surface area is 150 Å². The highest BCUT2D eigenvalue weighted by Crippen LogP contribution is 2.60. The van der Waals surface area contributed by atoms with Crippen LogP contribution < -0.4 is 5.32 Å². The second kappa shape index (κ2) is 8.71. The number of nitrogens with one attached hydrogen (secondary N) is 1. The maximum atomic E-state index is 13.3. The maximum Gasteiger partial charge on any atom is 0.416 e. The van der Waals surface area contributed by atoms with Crippen LogP contribution in [0.15, 0.2) is 54.6 Å². The van der Waals surface area contributed by atoms with E-state index in [4.69, 9.17) is 9.05 Å². The summed E-state index contributed by atoms with van der Waals surface area (Å²) < 4.78 is 62.5. The van der Waals surface area contributed by atoms with E-state index in [1.807, 2.05) is 6.07 Å². The fourth-order valence-corrected chi connectivity index (χ4v) is 4.37. The van der Waals surface area contributed by atoms with E-state index in [0.29, 0.717) is 11.3 Å². The molecule has 0 radical (unpaired) electrons. The van der Waals surface area contributed by atoms with Crippen molar-refractivity contribution in [2.75, 3.05) is 18.5 Å². The van der Waals surface area contributed by atoms with Gasteiger partial charge in [-0.15, -0.1) is 0 Å². The zero-order valence-electron chi connectivity index (χ0n) is 14.5. The number of rotatable bonds is 8. The van der Waals surface area contributed by atoms with E-state index >= 15 is 0 Å². The number of benzene rings is 2. The standard InChI is InChI=1S/C18H21F3NO3P/c1-3-24-26(23,25-4-2)17(22-16-8-6-5-7-9-16)14-10-12-15(13-11-14)18(19,20)21/h5-13,17,22H,3-4H2,1-2H3. The Hall–Kier alpha value is -1.82. The van der Waals surface area contributed by atoms with E-state index in [1.54, 1.807) is 38.1 Å². The van der Waals surface area contributed by atoms with Gasteiger partial charge in [-0.3, -0.25) is 4.57 Å². The molecule has 0 aliphatic rings. The van der Waals surface area contributed by atoms with Gasteiger partial charge < -0.3 is 14.4 Å². The molecule has 0 heterocycles. The van der Waals surface area contributed by atoms with Crippen molar-refractivity contribution in [2.45, 2.75) is 25.8 Å². The van der Waals surface area contributed by atoms with Crippen molar-refractivity contribution in [3.8, 4) is 0 Å². The van der Waals surface area contributed by atoms with Crippen LogP contribution in [-0.4, -0.2) is 13.2 Å². The molecule has 0 saturated carbocycles. The molecule has 2 rings (SSSR count). The number of halogens is 3. The van der Waals surface area contributed by atoms with Crippen LogP contribution in [0, 0.1) is 0 Å². The molecular weight excluding hydrogens is 366 g/mol. The van der Waals surface area contributed by atoms with Crippen LogP contribution in [0.4, 0.5) is 18.9 Å². The number of alkyl halides is 3. The largest absolute Gasteiger partial charge is 0.416 e. The van der Waals surface area contributed by atoms with Crippen LogP contribution in [0.5, 0.6) is 0 Å². The first-order chi connectivity index (χ1) is 12.3. The Morgan fingerprint density at radius 1 is 0.962 bits per heavy atom. The molecular formula is C18H21F3NO3P. The first-order valence-electron chi connectivity index (χ1n) is 8.17. The monoisotopic (exact) mass is 387 g/mol. The zero-order valence-corrected chi connectivity index (χ0v) is 15.4. The van der Waals surface area contributed by atoms with Gasteiger partial charge in [0.15, 0.2) is 5.78 Å². The molecule has 0 amide bonds. The summed E-state index contributed by atoms with van der Waals surface area (Å²) in [4.78, 5) is 0. The quantitative estimate of drug-likeness (QED) is 0.558. The van der Waals surface area contributed by atoms with Gasteiger partial charge in [0.05, 0.1) is 18.8 Å². The van der Waals surface area contributed by atoms with Crippen molar-refractivity contribution in [1.82, 2.24) is 0 Å². The first kappa shape index (κ1) is 20.5. The molecule has 26 heavy (non-hydrogen) atoms. The predicted octanol–water partition coefficient (Wildman–Crippen LogP) is 6.08. The van der Waals surface area contributed by atoms with E-state index in [0.717, 1.165) is 12.1 Å². The third-order valence-electron chi connectivity index (χ3n) is 3.57. The van der Waals surface area contributed by atoms with E-state index in [9.17, 15) is 17.7 Å². The molecule has 142 valence electrons. The molecule has 1 N–H and O–H groups in total. The smallest absolute Gasteiger partial charge is 0.368 e. The molecule has 0 bridgehead atoms. The van der Waals surface area contributed by atoms with Crippen molar-refractivity contribution >= 4 is 13.3 Å². The minimum Gasteiger partial charge on any atom is -0.368 e. The number of hydrogen-bond donors (Lipinski definition) is 1. The Kier molecular flexibility index (Phi) is 6.87. The average Bonchev–Trinajstić information content (AvgIpc) is 2.60. The van der Waals surface area contributed by atoms with E-state index in [1.165, 1.54) is 12.1 Å². The van der Waals surface area contributed by atoms with Crippen LogP contribution in [0.1, 0.15) is 30.8 Å². The molecule has 0 spiro atoms. The van der Waals surface area contributed by atoms with Gasteiger partial charge in [0.25, 0.3) is 0 Å². The third-order valence-corrected chi connectivity index (χ3v) is 5.86. The van der Waals surface area contributed by atoms with Gasteiger partial charge in [0.1, 0.15) is 0 Å². The predicted molar refractivity (Wildman–Crippen MR) is 95.1 cm³/mol. The van der Waals surface area contributed by atoms with Gasteiger partial charge in [0.2, 0.25) is 0 Å². The summed E-state index contributed by atoms with van der Waals surface area (Å²) in [6.45, 7) is 3.64. The molecule has 2 aromatic rings. The Bertz CT molecular complexity index is 726. The van der Waals surface area contributed by atoms with Gasteiger partial charge in [-0.05, 0) is 43.7 Å². The van der Waals surface area contributed by atoms with Crippen molar-refractivity contribution < 1.29 is 26.8 Å². The summed E-state index contributed by atoms with van der Waals surface area (Å²) in [5.74, 6) is -0.938. The van der Waals surface area contributed by atoms with Gasteiger partial charge in [-0.25, -0.2) is 0 Å². The minimum atomic E-state index is -4.44. The highest BCUT2D eigenvalue weighted by molar-refractivity contribution is 7.54. The summed E-state index contributed by atoms with van der Waals surface area (Å²) in [6, 6.07) is 13.4. The van der Waals surface area contributed by atoms with Crippen molar-refractivity contribution in [3.63, 3.8) is 0 Å². The van der Waals surface area contributed by atoms with Crippen molar-refractivity contribution in [2.24, 2.45) is 0 Å². The lowest BCUT2D eigenvalue weighted by molar-refractivity contribution is -0.137. The van der Waals surface area contributed by atoms with Gasteiger partial charge in [0, 0.05) is 5.69 Å². The Balaban J connectivity index is 2.43. The normalized spacial score (nSPS) is 13.4. The summed E-state index contributed by atoms with van der Waals surface area (Å²) in [7, 11) is -3.66. The highest BCUT2D eigenvalue weighted by atomic mass is 31.2. The minimum absolute atomic E-state index is 0.144. The third kappa shape index (κ3) is 5.10. The van der Waals surface area contributed by atoms with Gasteiger partial charge in [-0.2, -0.15) is 13.2 Å². The second-order valence-corrected chi connectivity index (χ2v) is 7.52. The molecule has 0 fully saturated rings. The molecule has 1 atom stereocenters. The van der Waals surface area contributed by atoms with Crippen molar-refractivity contribution in [1.29, 1.82) is 0 Å². The fraction of sp³-hybridized carbons (Fsp3) is 0.333. The lowest BCUT2D eigenvalue weighted by Crippen LogP contribution is -2.16. The maximum absolute atomic E-state index is 13.3. The topological polar surface area (TPSA) is 47.6 Å². The van der Waals surface area contributed by atoms with Crippen LogP contribution in [0.2, 0.25) is 0 Å². The van der Waals surface area contributed by atoms with Crippen molar-refractivity contribution in [3.05, 3.63) is 65.7 Å². The summed E-state index contributed by atoms with van der Waals surface area (Å²) in [6.07, 6.45) is -4.44. The number of hydrogen-bond acceptors (Lipinski definition) is 4. The molecule has 8 heteroatoms. The molecule has 0 aliphatic carbocycles. The SMILES string of the molecule is CCOP(=O)(OCC)C(Nc1ccccc1)c1ccc(C(F)(F)F)cc1. The fourth-order valence-electron chi connectivity index (χ4n) is 2.44. The summed E-state index contributed by atoms with van der Waals surface area (Å²) in [5.41, 5.74) is 0.256. The number of anilines is 1. The van der Waals surface area contributed by atoms with Crippen LogP contribution in [-0.2, 0) is 19.8 Å². The molecule has 0 aliphatic heterocycles. The summed E-state index contributed by atoms with van der Waals surface area (Å²) in [5, 5.41) is 3.07.